The summed E-state index contributed by atoms with van der Waals surface area (Å²) < 4.78 is 0. The molecule has 1 N–H and O–H groups in total. The van der Waals surface area contributed by atoms with Gasteiger partial charge < -0.3 is 5.32 Å². The van der Waals surface area contributed by atoms with Crippen molar-refractivity contribution in [1.29, 1.82) is 0 Å². The van der Waals surface area contributed by atoms with Crippen LogP contribution in [0.2, 0.25) is 5.02 Å². The number of benzene rings is 1. The highest BCUT2D eigenvalue weighted by atomic mass is 35.5. The summed E-state index contributed by atoms with van der Waals surface area (Å²) in [5.41, 5.74) is 2.46. The van der Waals surface area contributed by atoms with E-state index in [1.54, 1.807) is 0 Å². The number of nitrogens with zero attached hydrogens (tertiary/aromatic N) is 1. The first kappa shape index (κ1) is 11.9. The van der Waals surface area contributed by atoms with E-state index in [0.717, 1.165) is 31.2 Å². The van der Waals surface area contributed by atoms with Crippen molar-refractivity contribution in [3.8, 4) is 0 Å². The summed E-state index contributed by atoms with van der Waals surface area (Å²) in [6.07, 6.45) is 0. The van der Waals surface area contributed by atoms with Crippen molar-refractivity contribution >= 4 is 11.6 Å². The van der Waals surface area contributed by atoms with Crippen LogP contribution in [0.1, 0.15) is 18.1 Å². The molecule has 16 heavy (non-hydrogen) atoms. The van der Waals surface area contributed by atoms with Crippen LogP contribution in [0.4, 0.5) is 0 Å². The average Bonchev–Trinajstić information content (AvgIpc) is 2.22. The van der Waals surface area contributed by atoms with Crippen LogP contribution in [0.3, 0.4) is 0 Å². The summed E-state index contributed by atoms with van der Waals surface area (Å²) >= 11 is 6.24. The number of halogens is 1. The molecule has 2 rings (SSSR count). The molecular formula is C13H19ClN2. The van der Waals surface area contributed by atoms with Gasteiger partial charge in [0.2, 0.25) is 0 Å². The molecule has 1 aliphatic heterocycles. The molecule has 0 radical (unpaired) electrons. The molecule has 1 heterocycles. The number of nitrogens with one attached hydrogen (secondary N) is 1. The second-order valence-corrected chi connectivity index (χ2v) is 5.09. The van der Waals surface area contributed by atoms with Gasteiger partial charge in [0.15, 0.2) is 0 Å². The van der Waals surface area contributed by atoms with Crippen LogP contribution < -0.4 is 5.32 Å². The van der Waals surface area contributed by atoms with Gasteiger partial charge in [-0.25, -0.2) is 0 Å². The van der Waals surface area contributed by atoms with E-state index in [4.69, 9.17) is 11.6 Å². The Labute approximate surface area is 103 Å². The molecule has 1 aromatic carbocycles. The Morgan fingerprint density at radius 2 is 2.31 bits per heavy atom. The minimum absolute atomic E-state index is 0.581. The van der Waals surface area contributed by atoms with Gasteiger partial charge in [0, 0.05) is 37.2 Å². The first-order chi connectivity index (χ1) is 7.65. The second kappa shape index (κ2) is 5.17. The number of hydrogen-bond acceptors (Lipinski definition) is 2. The molecular weight excluding hydrogens is 220 g/mol. The zero-order chi connectivity index (χ0) is 11.5. The first-order valence-corrected chi connectivity index (χ1v) is 6.24. The lowest BCUT2D eigenvalue weighted by molar-refractivity contribution is 0.199. The van der Waals surface area contributed by atoms with Gasteiger partial charge in [0.05, 0.1) is 0 Å². The Kier molecular flexibility index (Phi) is 3.85. The highest BCUT2D eigenvalue weighted by molar-refractivity contribution is 6.31. The SMILES string of the molecule is Cc1ccc(CN2CCNC(C)C2)c(Cl)c1. The van der Waals surface area contributed by atoms with Gasteiger partial charge in [0.1, 0.15) is 0 Å². The minimum atomic E-state index is 0.581. The van der Waals surface area contributed by atoms with Crippen molar-refractivity contribution in [3.63, 3.8) is 0 Å². The Hall–Kier alpha value is -0.570. The van der Waals surface area contributed by atoms with E-state index in [0.29, 0.717) is 6.04 Å². The van der Waals surface area contributed by atoms with Crippen LogP contribution in [0.15, 0.2) is 18.2 Å². The third-order valence-corrected chi connectivity index (χ3v) is 3.41. The highest BCUT2D eigenvalue weighted by Gasteiger charge is 2.16. The summed E-state index contributed by atoms with van der Waals surface area (Å²) in [7, 11) is 0. The molecule has 2 nitrogen and oxygen atoms in total. The average molecular weight is 239 g/mol. The van der Waals surface area contributed by atoms with E-state index in [-0.39, 0.29) is 0 Å². The Balaban J connectivity index is 2.02. The Bertz CT molecular complexity index is 365. The number of aryl methyl sites for hydroxylation is 1. The standard InChI is InChI=1S/C13H19ClN2/c1-10-3-4-12(13(14)7-10)9-16-6-5-15-11(2)8-16/h3-4,7,11,15H,5-6,8-9H2,1-2H3. The van der Waals surface area contributed by atoms with Crippen LogP contribution >= 0.6 is 11.6 Å². The molecule has 1 unspecified atom stereocenters. The lowest BCUT2D eigenvalue weighted by Gasteiger charge is -2.32. The maximum atomic E-state index is 6.24. The van der Waals surface area contributed by atoms with Gasteiger partial charge >= 0.3 is 0 Å². The number of rotatable bonds is 2. The molecule has 1 saturated heterocycles. The third kappa shape index (κ3) is 2.97. The summed E-state index contributed by atoms with van der Waals surface area (Å²) in [4.78, 5) is 2.46. The maximum Gasteiger partial charge on any atom is 0.0453 e. The van der Waals surface area contributed by atoms with Crippen molar-refractivity contribution in [2.45, 2.75) is 26.4 Å². The van der Waals surface area contributed by atoms with E-state index in [9.17, 15) is 0 Å². The molecule has 0 aromatic heterocycles. The first-order valence-electron chi connectivity index (χ1n) is 5.86. The van der Waals surface area contributed by atoms with E-state index in [2.05, 4.69) is 36.2 Å². The molecule has 0 spiro atoms. The third-order valence-electron chi connectivity index (χ3n) is 3.06. The maximum absolute atomic E-state index is 6.24. The largest absolute Gasteiger partial charge is 0.312 e. The normalized spacial score (nSPS) is 22.3. The molecule has 0 aliphatic carbocycles. The summed E-state index contributed by atoms with van der Waals surface area (Å²) in [5, 5.41) is 4.34. The van der Waals surface area contributed by atoms with Crippen molar-refractivity contribution in [2.24, 2.45) is 0 Å². The van der Waals surface area contributed by atoms with Gasteiger partial charge in [-0.15, -0.1) is 0 Å². The van der Waals surface area contributed by atoms with Crippen molar-refractivity contribution < 1.29 is 0 Å². The monoisotopic (exact) mass is 238 g/mol. The van der Waals surface area contributed by atoms with Crippen molar-refractivity contribution in [2.75, 3.05) is 19.6 Å². The molecule has 1 fully saturated rings. The van der Waals surface area contributed by atoms with Crippen LogP contribution in [-0.2, 0) is 6.54 Å². The fourth-order valence-electron chi connectivity index (χ4n) is 2.18. The second-order valence-electron chi connectivity index (χ2n) is 4.69. The Morgan fingerprint density at radius 1 is 1.50 bits per heavy atom. The number of hydrogen-bond donors (Lipinski definition) is 1. The predicted octanol–water partition coefficient (Wildman–Crippen LogP) is 2.44. The molecule has 88 valence electrons. The van der Waals surface area contributed by atoms with Gasteiger partial charge in [-0.3, -0.25) is 4.90 Å². The van der Waals surface area contributed by atoms with Crippen LogP contribution in [-0.4, -0.2) is 30.6 Å². The van der Waals surface area contributed by atoms with E-state index in [1.807, 2.05) is 6.07 Å². The van der Waals surface area contributed by atoms with Crippen LogP contribution in [0, 0.1) is 6.92 Å². The minimum Gasteiger partial charge on any atom is -0.312 e. The summed E-state index contributed by atoms with van der Waals surface area (Å²) in [6, 6.07) is 6.90. The highest BCUT2D eigenvalue weighted by Crippen LogP contribution is 2.19. The molecule has 3 heteroatoms. The molecule has 1 aromatic rings. The van der Waals surface area contributed by atoms with E-state index >= 15 is 0 Å². The molecule has 0 amide bonds. The van der Waals surface area contributed by atoms with Gasteiger partial charge in [-0.1, -0.05) is 23.7 Å². The predicted molar refractivity (Wildman–Crippen MR) is 68.9 cm³/mol. The molecule has 1 atom stereocenters. The van der Waals surface area contributed by atoms with Gasteiger partial charge in [0.25, 0.3) is 0 Å². The summed E-state index contributed by atoms with van der Waals surface area (Å²) in [5.74, 6) is 0. The number of piperazine rings is 1. The zero-order valence-corrected chi connectivity index (χ0v) is 10.7. The smallest absolute Gasteiger partial charge is 0.0453 e. The zero-order valence-electron chi connectivity index (χ0n) is 9.96. The molecule has 0 bridgehead atoms. The van der Waals surface area contributed by atoms with Crippen molar-refractivity contribution in [3.05, 3.63) is 34.3 Å². The van der Waals surface area contributed by atoms with E-state index < -0.39 is 0 Å². The topological polar surface area (TPSA) is 15.3 Å². The van der Waals surface area contributed by atoms with Crippen LogP contribution in [0.5, 0.6) is 0 Å². The van der Waals surface area contributed by atoms with Crippen molar-refractivity contribution in [1.82, 2.24) is 10.2 Å². The summed E-state index contributed by atoms with van der Waals surface area (Å²) in [6.45, 7) is 8.54. The van der Waals surface area contributed by atoms with E-state index in [1.165, 1.54) is 11.1 Å². The Morgan fingerprint density at radius 3 is 3.00 bits per heavy atom. The lowest BCUT2D eigenvalue weighted by Crippen LogP contribution is -2.48. The molecule has 0 saturated carbocycles. The van der Waals surface area contributed by atoms with Crippen LogP contribution in [0.25, 0.3) is 0 Å². The lowest BCUT2D eigenvalue weighted by atomic mass is 10.1. The fraction of sp³-hybridized carbons (Fsp3) is 0.538. The van der Waals surface area contributed by atoms with Gasteiger partial charge in [-0.2, -0.15) is 0 Å². The fourth-order valence-corrected chi connectivity index (χ4v) is 2.47. The molecule has 1 aliphatic rings. The quantitative estimate of drug-likeness (QED) is 0.852. The van der Waals surface area contributed by atoms with Gasteiger partial charge in [-0.05, 0) is 31.0 Å².